The number of hydrogen-bond donors (Lipinski definition) is 2. The molecule has 0 saturated carbocycles. The van der Waals surface area contributed by atoms with Crippen LogP contribution in [0.1, 0.15) is 24.8 Å². The van der Waals surface area contributed by atoms with Gasteiger partial charge in [-0.05, 0) is 55.2 Å². The summed E-state index contributed by atoms with van der Waals surface area (Å²) in [7, 11) is 1.57. The van der Waals surface area contributed by atoms with Crippen molar-refractivity contribution in [1.82, 2.24) is 9.97 Å². The van der Waals surface area contributed by atoms with Crippen molar-refractivity contribution in [3.05, 3.63) is 66.9 Å². The molecule has 1 aliphatic heterocycles. The molecule has 33 heavy (non-hydrogen) atoms. The molecule has 1 aromatic heterocycles. The van der Waals surface area contributed by atoms with Crippen molar-refractivity contribution in [1.29, 1.82) is 0 Å². The van der Waals surface area contributed by atoms with Gasteiger partial charge in [-0.2, -0.15) is 0 Å². The molecule has 3 aromatic rings. The number of phenols is 1. The van der Waals surface area contributed by atoms with Crippen LogP contribution >= 0.6 is 0 Å². The molecule has 0 aliphatic carbocycles. The summed E-state index contributed by atoms with van der Waals surface area (Å²) in [4.78, 5) is 23.1. The molecule has 1 saturated heterocycles. The lowest BCUT2D eigenvalue weighted by atomic mass is 10.0. The highest BCUT2D eigenvalue weighted by atomic mass is 16.5. The summed E-state index contributed by atoms with van der Waals surface area (Å²) in [5.74, 6) is 1.17. The first kappa shape index (κ1) is 22.3. The van der Waals surface area contributed by atoms with Gasteiger partial charge in [0.15, 0.2) is 11.5 Å². The van der Waals surface area contributed by atoms with Gasteiger partial charge >= 0.3 is 0 Å². The molecule has 2 heterocycles. The number of anilines is 3. The Morgan fingerprint density at radius 1 is 1.21 bits per heavy atom. The Balaban J connectivity index is 1.62. The predicted molar refractivity (Wildman–Crippen MR) is 130 cm³/mol. The van der Waals surface area contributed by atoms with E-state index in [1.807, 2.05) is 30.3 Å². The van der Waals surface area contributed by atoms with E-state index in [1.54, 1.807) is 25.4 Å². The van der Waals surface area contributed by atoms with Crippen LogP contribution in [0.25, 0.3) is 11.3 Å². The molecule has 7 nitrogen and oxygen atoms in total. The summed E-state index contributed by atoms with van der Waals surface area (Å²) >= 11 is 0. The van der Waals surface area contributed by atoms with Crippen molar-refractivity contribution in [3.8, 4) is 22.8 Å². The molecular formula is C26H28N4O3. The maximum absolute atomic E-state index is 11.8. The fourth-order valence-corrected chi connectivity index (χ4v) is 4.01. The van der Waals surface area contributed by atoms with Crippen molar-refractivity contribution in [2.75, 3.05) is 30.4 Å². The molecule has 4 rings (SSSR count). The second-order valence-corrected chi connectivity index (χ2v) is 8.03. The highest BCUT2D eigenvalue weighted by Gasteiger charge is 2.16. The normalized spacial score (nSPS) is 13.4. The Kier molecular flexibility index (Phi) is 6.88. The molecule has 1 fully saturated rings. The van der Waals surface area contributed by atoms with E-state index < -0.39 is 0 Å². The van der Waals surface area contributed by atoms with Crippen LogP contribution in [0, 0.1) is 0 Å². The molecule has 0 atom stereocenters. The number of aromatic hydroxyl groups is 1. The number of nitrogens with one attached hydrogen (secondary N) is 1. The average Bonchev–Trinajstić information content (AvgIpc) is 2.85. The summed E-state index contributed by atoms with van der Waals surface area (Å²) in [5, 5.41) is 13.6. The summed E-state index contributed by atoms with van der Waals surface area (Å²) in [5.41, 5.74) is 3.92. The average molecular weight is 445 g/mol. The van der Waals surface area contributed by atoms with Gasteiger partial charge < -0.3 is 20.1 Å². The van der Waals surface area contributed by atoms with E-state index in [1.165, 1.54) is 12.5 Å². The quantitative estimate of drug-likeness (QED) is 0.378. The zero-order valence-corrected chi connectivity index (χ0v) is 18.8. The van der Waals surface area contributed by atoms with Gasteiger partial charge in [0.25, 0.3) is 0 Å². The molecule has 0 bridgehead atoms. The lowest BCUT2D eigenvalue weighted by Crippen LogP contribution is -2.29. The van der Waals surface area contributed by atoms with E-state index in [-0.39, 0.29) is 18.0 Å². The minimum Gasteiger partial charge on any atom is -0.506 e. The van der Waals surface area contributed by atoms with E-state index in [0.29, 0.717) is 17.4 Å². The zero-order chi connectivity index (χ0) is 23.2. The number of allylic oxidation sites excluding steroid dienone is 1. The summed E-state index contributed by atoms with van der Waals surface area (Å²) in [6, 6.07) is 13.1. The van der Waals surface area contributed by atoms with E-state index in [2.05, 4.69) is 26.8 Å². The molecular weight excluding hydrogens is 416 g/mol. The third kappa shape index (κ3) is 5.31. The molecule has 7 heteroatoms. The van der Waals surface area contributed by atoms with Gasteiger partial charge in [-0.15, -0.1) is 0 Å². The van der Waals surface area contributed by atoms with E-state index >= 15 is 0 Å². The number of benzene rings is 2. The van der Waals surface area contributed by atoms with Crippen molar-refractivity contribution < 1.29 is 14.6 Å². The van der Waals surface area contributed by atoms with Crippen LogP contribution in [-0.2, 0) is 11.2 Å². The fourth-order valence-electron chi connectivity index (χ4n) is 4.01. The fraction of sp³-hybridized carbons (Fsp3) is 0.269. The molecule has 0 spiro atoms. The smallest absolute Gasteiger partial charge is 0.227 e. The van der Waals surface area contributed by atoms with Gasteiger partial charge in [-0.25, -0.2) is 9.97 Å². The monoisotopic (exact) mass is 444 g/mol. The Hall–Kier alpha value is -3.87. The number of nitrogens with zero attached hydrogens (tertiary/aromatic N) is 3. The summed E-state index contributed by atoms with van der Waals surface area (Å²) in [6.45, 7) is 5.41. The second kappa shape index (κ2) is 10.2. The molecule has 2 aromatic carbocycles. The highest BCUT2D eigenvalue weighted by molar-refractivity contribution is 5.91. The molecule has 0 amide bonds. The Bertz CT molecular complexity index is 1160. The first-order valence-corrected chi connectivity index (χ1v) is 11.1. The van der Waals surface area contributed by atoms with Gasteiger partial charge in [0, 0.05) is 30.8 Å². The number of methoxy groups -OCH3 is 1. The molecule has 0 unspecified atom stereocenters. The molecule has 170 valence electrons. The van der Waals surface area contributed by atoms with Crippen LogP contribution in [0.5, 0.6) is 11.5 Å². The predicted octanol–water partition coefficient (Wildman–Crippen LogP) is 4.89. The number of carbonyl (C=O) groups is 1. The van der Waals surface area contributed by atoms with Crippen molar-refractivity contribution >= 4 is 23.1 Å². The molecule has 2 N–H and O–H groups in total. The Morgan fingerprint density at radius 2 is 2.03 bits per heavy atom. The number of rotatable bonds is 8. The maximum Gasteiger partial charge on any atom is 0.227 e. The second-order valence-electron chi connectivity index (χ2n) is 8.03. The van der Waals surface area contributed by atoms with Crippen LogP contribution in [0.2, 0.25) is 0 Å². The van der Waals surface area contributed by atoms with E-state index in [4.69, 9.17) is 4.74 Å². The lowest BCUT2D eigenvalue weighted by molar-refractivity contribution is -0.114. The number of hydrogen-bond acceptors (Lipinski definition) is 7. The number of aromatic nitrogens is 2. The SMILES string of the molecule is C=CC(=O)Cc1cccc(-c2nc(Nc3ccc(O)c(N4CCCCC4)c3)ncc2OC)c1. The summed E-state index contributed by atoms with van der Waals surface area (Å²) < 4.78 is 5.49. The Labute approximate surface area is 193 Å². The zero-order valence-electron chi connectivity index (χ0n) is 18.8. The van der Waals surface area contributed by atoms with Crippen LogP contribution < -0.4 is 15.0 Å². The van der Waals surface area contributed by atoms with Crippen molar-refractivity contribution in [2.24, 2.45) is 0 Å². The van der Waals surface area contributed by atoms with E-state index in [9.17, 15) is 9.90 Å². The largest absolute Gasteiger partial charge is 0.506 e. The lowest BCUT2D eigenvalue weighted by Gasteiger charge is -2.29. The molecule has 1 aliphatic rings. The van der Waals surface area contributed by atoms with Crippen LogP contribution in [0.15, 0.2) is 61.3 Å². The minimum absolute atomic E-state index is 0.0407. The maximum atomic E-state index is 11.8. The highest BCUT2D eigenvalue weighted by Crippen LogP contribution is 2.34. The molecule has 0 radical (unpaired) electrons. The topological polar surface area (TPSA) is 87.6 Å². The minimum atomic E-state index is -0.0407. The standard InChI is InChI=1S/C26H28N4O3/c1-3-21(31)15-18-8-7-9-19(14-18)25-24(33-2)17-27-26(29-25)28-20-10-11-23(32)22(16-20)30-12-5-4-6-13-30/h3,7-11,14,16-17,32H,1,4-6,12-13,15H2,2H3,(H,27,28,29). The van der Waals surface area contributed by atoms with Gasteiger partial charge in [-0.1, -0.05) is 24.8 Å². The first-order chi connectivity index (χ1) is 16.1. The first-order valence-electron chi connectivity index (χ1n) is 11.1. The third-order valence-corrected chi connectivity index (χ3v) is 5.71. The van der Waals surface area contributed by atoms with E-state index in [0.717, 1.165) is 48.4 Å². The van der Waals surface area contributed by atoms with Crippen LogP contribution in [-0.4, -0.2) is 41.1 Å². The van der Waals surface area contributed by atoms with Gasteiger partial charge in [0.1, 0.15) is 11.4 Å². The van der Waals surface area contributed by atoms with Crippen LogP contribution in [0.3, 0.4) is 0 Å². The Morgan fingerprint density at radius 3 is 2.79 bits per heavy atom. The van der Waals surface area contributed by atoms with Gasteiger partial charge in [0.05, 0.1) is 19.0 Å². The van der Waals surface area contributed by atoms with Crippen molar-refractivity contribution in [3.63, 3.8) is 0 Å². The number of ether oxygens (including phenoxy) is 1. The number of piperidine rings is 1. The van der Waals surface area contributed by atoms with Crippen LogP contribution in [0.4, 0.5) is 17.3 Å². The van der Waals surface area contributed by atoms with Gasteiger partial charge in [0.2, 0.25) is 5.95 Å². The van der Waals surface area contributed by atoms with Gasteiger partial charge in [-0.3, -0.25) is 4.79 Å². The number of ketones is 1. The summed E-state index contributed by atoms with van der Waals surface area (Å²) in [6.07, 6.45) is 6.70. The number of carbonyl (C=O) groups excluding carboxylic acids is 1. The van der Waals surface area contributed by atoms with Crippen molar-refractivity contribution in [2.45, 2.75) is 25.7 Å². The number of phenolic OH excluding ortho intramolecular Hbond substituents is 1. The third-order valence-electron chi connectivity index (χ3n) is 5.71.